The number of cyclic esters (lactones) is 1. The van der Waals surface area contributed by atoms with E-state index in [0.717, 1.165) is 111 Å². The van der Waals surface area contributed by atoms with Gasteiger partial charge >= 0.3 is 6.09 Å². The summed E-state index contributed by atoms with van der Waals surface area (Å²) in [6.45, 7) is 82.2. The SMILES string of the molecule is CC(C)C1=CN=C(C(C)C)C1.CC(C)C1CC(=O)N(C(C)C)C1.CC(C)C1CCC(C(C)C)C1.CC(C)C1CCCN(C(C)C)C1.CC(C)C1CN(C(C)C)C(=O)O1.CC(C)C1CN(C(C)C)CCN1C.CC(C)C1CN(C(C)C)CCO1.CC(C)c1cc(C(C)C)on1. The molecule has 0 N–H and O–H groups in total. The number of hydrogen-bond acceptors (Lipinski definition) is 11. The van der Waals surface area contributed by atoms with Gasteiger partial charge < -0.3 is 33.6 Å². The molecule has 13 heteroatoms. The Labute approximate surface area is 583 Å². The van der Waals surface area contributed by atoms with E-state index in [2.05, 4.69) is 245 Å². The molecule has 1 saturated carbocycles. The fourth-order valence-corrected chi connectivity index (χ4v) is 13.0. The number of hydrogen-bond donors (Lipinski definition) is 0. The minimum Gasteiger partial charge on any atom is -0.444 e. The monoisotopic (exact) mass is 1320 g/mol. The number of likely N-dealkylation sites (tertiary alicyclic amines) is 2. The van der Waals surface area contributed by atoms with Crippen LogP contribution in [-0.2, 0) is 14.3 Å². The van der Waals surface area contributed by atoms with Gasteiger partial charge in [-0.3, -0.25) is 19.6 Å². The van der Waals surface area contributed by atoms with Crippen LogP contribution >= 0.6 is 0 Å². The van der Waals surface area contributed by atoms with Crippen LogP contribution in [0.4, 0.5) is 4.79 Å². The van der Waals surface area contributed by atoms with Gasteiger partial charge in [0.1, 0.15) is 11.9 Å². The Kier molecular flexibility index (Phi) is 42.7. The number of nitrogens with zero attached hydrogens (tertiary/aromatic N) is 8. The number of likely N-dealkylation sites (N-methyl/N-ethyl adjacent to an activating group) is 1. The molecule has 7 unspecified atom stereocenters. The highest BCUT2D eigenvalue weighted by Gasteiger charge is 2.36. The second kappa shape index (κ2) is 45.0. The van der Waals surface area contributed by atoms with Gasteiger partial charge in [-0.2, -0.15) is 0 Å². The van der Waals surface area contributed by atoms with E-state index >= 15 is 0 Å². The number of aliphatic imine (C=N–C) groups is 1. The third-order valence-corrected chi connectivity index (χ3v) is 21.3. The van der Waals surface area contributed by atoms with Crippen LogP contribution in [0.5, 0.6) is 0 Å². The molecule has 0 spiro atoms. The van der Waals surface area contributed by atoms with Crippen LogP contribution in [0.15, 0.2) is 27.4 Å². The quantitative estimate of drug-likeness (QED) is 0.159. The van der Waals surface area contributed by atoms with Gasteiger partial charge in [-0.25, -0.2) is 4.79 Å². The molecule has 0 radical (unpaired) electrons. The van der Waals surface area contributed by atoms with Gasteiger partial charge in [-0.15, -0.1) is 0 Å². The van der Waals surface area contributed by atoms with Crippen LogP contribution in [0.1, 0.15) is 290 Å². The number of ether oxygens (including phenoxy) is 2. The van der Waals surface area contributed by atoms with E-state index in [1.807, 2.05) is 31.0 Å². The lowest BCUT2D eigenvalue weighted by atomic mass is 9.87. The topological polar surface area (TPSA) is 110 Å². The highest BCUT2D eigenvalue weighted by Crippen LogP contribution is 2.39. The van der Waals surface area contributed by atoms with Gasteiger partial charge in [0.2, 0.25) is 5.91 Å². The number of allylic oxidation sites excluding steroid dienone is 1. The molecule has 6 aliphatic heterocycles. The summed E-state index contributed by atoms with van der Waals surface area (Å²) in [5, 5.41) is 3.96. The largest absolute Gasteiger partial charge is 0.444 e. The Morgan fingerprint density at radius 3 is 1.31 bits per heavy atom. The zero-order valence-corrected chi connectivity index (χ0v) is 68.1. The van der Waals surface area contributed by atoms with Gasteiger partial charge in [-0.1, -0.05) is 157 Å². The Morgan fingerprint density at radius 1 is 0.457 bits per heavy atom. The van der Waals surface area contributed by atoms with Crippen molar-refractivity contribution in [2.24, 2.45) is 81.9 Å². The zero-order chi connectivity index (χ0) is 72.2. The average molecular weight is 1320 g/mol. The molecule has 5 saturated heterocycles. The van der Waals surface area contributed by atoms with Gasteiger partial charge in [0.15, 0.2) is 0 Å². The van der Waals surface area contributed by atoms with E-state index < -0.39 is 0 Å². The Morgan fingerprint density at radius 2 is 0.968 bits per heavy atom. The molecular formula is C81H158N8O5. The molecule has 0 aromatic carbocycles. The predicted molar refractivity (Wildman–Crippen MR) is 405 cm³/mol. The number of morpholine rings is 1. The molecule has 552 valence electrons. The summed E-state index contributed by atoms with van der Waals surface area (Å²) in [4.78, 5) is 41.0. The van der Waals surface area contributed by atoms with Crippen molar-refractivity contribution in [1.29, 1.82) is 0 Å². The van der Waals surface area contributed by atoms with Crippen molar-refractivity contribution in [3.63, 3.8) is 0 Å². The molecule has 1 aromatic heterocycles. The summed E-state index contributed by atoms with van der Waals surface area (Å²) in [5.74, 6) is 12.2. The van der Waals surface area contributed by atoms with Crippen molar-refractivity contribution in [2.45, 2.75) is 327 Å². The Bertz CT molecular complexity index is 2070. The van der Waals surface area contributed by atoms with Crippen LogP contribution < -0.4 is 0 Å². The summed E-state index contributed by atoms with van der Waals surface area (Å²) in [5.41, 5.74) is 3.87. The maximum Gasteiger partial charge on any atom is 0.410 e. The number of carbonyl (C=O) groups excluding carboxylic acids is 2. The molecule has 7 heterocycles. The molecule has 1 aromatic rings. The van der Waals surface area contributed by atoms with E-state index in [-0.39, 0.29) is 18.2 Å². The van der Waals surface area contributed by atoms with Crippen LogP contribution in [0.3, 0.4) is 0 Å². The second-order valence-electron chi connectivity index (χ2n) is 34.2. The minimum atomic E-state index is -0.163. The first kappa shape index (κ1) is 89.2. The van der Waals surface area contributed by atoms with Crippen LogP contribution in [-0.4, -0.2) is 173 Å². The summed E-state index contributed by atoms with van der Waals surface area (Å²) in [6, 6.07) is 5.52. The number of piperazine rings is 1. The summed E-state index contributed by atoms with van der Waals surface area (Å²) in [7, 11) is 2.25. The van der Waals surface area contributed by atoms with Crippen LogP contribution in [0.25, 0.3) is 0 Å². The second-order valence-corrected chi connectivity index (χ2v) is 34.2. The lowest BCUT2D eigenvalue weighted by Gasteiger charge is -2.43. The van der Waals surface area contributed by atoms with E-state index in [1.165, 1.54) is 76.1 Å². The van der Waals surface area contributed by atoms with E-state index in [4.69, 9.17) is 14.0 Å². The first-order chi connectivity index (χ1) is 43.6. The number of rotatable bonds is 16. The molecule has 0 bridgehead atoms. The normalized spacial score (nSPS) is 24.1. The lowest BCUT2D eigenvalue weighted by Crippen LogP contribution is -2.55. The van der Waals surface area contributed by atoms with Gasteiger partial charge in [0.25, 0.3) is 0 Å². The molecule has 2 amide bonds. The first-order valence-electron chi connectivity index (χ1n) is 38.6. The van der Waals surface area contributed by atoms with Crippen LogP contribution in [0.2, 0.25) is 0 Å². The highest BCUT2D eigenvalue weighted by atomic mass is 16.6. The van der Waals surface area contributed by atoms with Crippen molar-refractivity contribution in [3.8, 4) is 0 Å². The third-order valence-electron chi connectivity index (χ3n) is 21.3. The maximum atomic E-state index is 11.5. The van der Waals surface area contributed by atoms with Crippen molar-refractivity contribution in [1.82, 2.24) is 34.6 Å². The Balaban J connectivity index is 0.000000537. The van der Waals surface area contributed by atoms with Gasteiger partial charge in [0.05, 0.1) is 24.9 Å². The number of amides is 2. The third kappa shape index (κ3) is 32.9. The number of aromatic nitrogens is 1. The Hall–Kier alpha value is -2.84. The molecule has 1 aliphatic carbocycles. The van der Waals surface area contributed by atoms with Gasteiger partial charge in [-0.05, 0) is 203 Å². The van der Waals surface area contributed by atoms with E-state index in [9.17, 15) is 9.59 Å². The average Bonchev–Trinajstić information content (AvgIpc) is 1.25. The molecule has 7 atom stereocenters. The first-order valence-corrected chi connectivity index (χ1v) is 38.6. The smallest absolute Gasteiger partial charge is 0.410 e. The zero-order valence-electron chi connectivity index (χ0n) is 68.1. The van der Waals surface area contributed by atoms with Gasteiger partial charge in [0, 0.05) is 119 Å². The summed E-state index contributed by atoms with van der Waals surface area (Å²) in [6.07, 6.45) is 11.6. The predicted octanol–water partition coefficient (Wildman–Crippen LogP) is 19.6. The fourth-order valence-electron chi connectivity index (χ4n) is 13.0. The standard InChI is InChI=1S/C11H24N2.C11H23N.C11H22.C10H19NO.C10H21NO.C10H17N.C9H17NO2.C9H15NO/c1-9(2)11-8-13(10(3)4)7-6-12(11)5;1-9(2)11-6-5-7-12(8-11)10(3)4;1-8(2)10-5-6-11(7-10)9(3)4;1-7(2)9-5-10(12)11(6-9)8(3)4;1-8(2)10-7-11(9(3)4)5-6-12-10;1-7(2)9-5-10(8(3)4)11-6-9;1-6(2)8-5-10(7(3)4)9(11)12-8;1-6(2)8-5-9(7(3)4)11-10-8/h9-11H,6-8H2,1-5H3;9-11H,5-8H2,1-4H3;8-11H,5-7H2,1-4H3;7-9H,5-6H2,1-4H3;8-10H,5-7H2,1-4H3;6-8H,5H2,1-4H3;6-8H,5H2,1-4H3;5-7H,1-4H3. The highest BCUT2D eigenvalue weighted by molar-refractivity contribution is 5.90. The fraction of sp³-hybridized carbons (Fsp3) is 0.901. The van der Waals surface area contributed by atoms with Crippen molar-refractivity contribution in [2.75, 3.05) is 72.6 Å². The molecule has 13 nitrogen and oxygen atoms in total. The number of carbonyl (C=O) groups is 2. The minimum absolute atomic E-state index is 0.0832. The molecule has 7 aliphatic rings. The van der Waals surface area contributed by atoms with Crippen LogP contribution in [0, 0.1) is 76.9 Å². The molecule has 8 rings (SSSR count). The van der Waals surface area contributed by atoms with Crippen molar-refractivity contribution < 1.29 is 23.6 Å². The maximum absolute atomic E-state index is 11.5. The summed E-state index contributed by atoms with van der Waals surface area (Å²) < 4.78 is 16.0. The van der Waals surface area contributed by atoms with E-state index in [0.29, 0.717) is 77.5 Å². The lowest BCUT2D eigenvalue weighted by molar-refractivity contribution is -0.129. The number of piperidine rings is 1. The molecule has 6 fully saturated rings. The summed E-state index contributed by atoms with van der Waals surface area (Å²) >= 11 is 0. The van der Waals surface area contributed by atoms with Crippen molar-refractivity contribution in [3.05, 3.63) is 29.3 Å². The van der Waals surface area contributed by atoms with E-state index in [1.54, 1.807) is 4.90 Å². The van der Waals surface area contributed by atoms with Crippen molar-refractivity contribution >= 4 is 17.7 Å². The molecular weight excluding hydrogens is 1160 g/mol. The molecule has 94 heavy (non-hydrogen) atoms.